The summed E-state index contributed by atoms with van der Waals surface area (Å²) in [7, 11) is 0. The van der Waals surface area contributed by atoms with E-state index in [1.807, 2.05) is 4.90 Å². The van der Waals surface area contributed by atoms with Crippen molar-refractivity contribution in [2.24, 2.45) is 11.8 Å². The van der Waals surface area contributed by atoms with Crippen molar-refractivity contribution in [2.45, 2.75) is 38.7 Å². The number of piperidine rings is 1. The van der Waals surface area contributed by atoms with Gasteiger partial charge in [0.15, 0.2) is 0 Å². The second kappa shape index (κ2) is 8.47. The Morgan fingerprint density at radius 3 is 2.31 bits per heavy atom. The Morgan fingerprint density at radius 2 is 1.73 bits per heavy atom. The number of benzene rings is 1. The average Bonchev–Trinajstić information content (AvgIpc) is 3.47. The highest BCUT2D eigenvalue weighted by Gasteiger charge is 2.35. The Labute approximate surface area is 151 Å². The van der Waals surface area contributed by atoms with E-state index in [0.717, 1.165) is 18.4 Å². The summed E-state index contributed by atoms with van der Waals surface area (Å²) in [5.74, 6) is 0.600. The molecule has 7 heteroatoms. The first-order valence-electron chi connectivity index (χ1n) is 9.13. The van der Waals surface area contributed by atoms with E-state index in [4.69, 9.17) is 0 Å². The summed E-state index contributed by atoms with van der Waals surface area (Å²) in [6.07, 6.45) is 4.07. The number of ether oxygens (including phenoxy) is 1. The molecule has 0 unspecified atom stereocenters. The van der Waals surface area contributed by atoms with Crippen LogP contribution in [0.25, 0.3) is 0 Å². The van der Waals surface area contributed by atoms with Crippen molar-refractivity contribution in [3.8, 4) is 5.75 Å². The predicted octanol–water partition coefficient (Wildman–Crippen LogP) is 2.60. The molecule has 142 valence electrons. The van der Waals surface area contributed by atoms with Gasteiger partial charge in [-0.25, -0.2) is 0 Å². The maximum Gasteiger partial charge on any atom is 0.387 e. The molecule has 1 aliphatic carbocycles. The van der Waals surface area contributed by atoms with Gasteiger partial charge in [-0.2, -0.15) is 8.78 Å². The Morgan fingerprint density at radius 1 is 1.08 bits per heavy atom. The standard InChI is InChI=1S/C19H24F2N2O3/c20-19(21)26-16-5-1-13(2-6-16)7-10-22-17(24)14-8-11-23(12-9-14)18(25)15-3-4-15/h1-2,5-6,14-15,19H,3-4,7-12H2,(H,22,24). The van der Waals surface area contributed by atoms with Gasteiger partial charge in [0.05, 0.1) is 0 Å². The first kappa shape index (κ1) is 18.6. The van der Waals surface area contributed by atoms with Gasteiger partial charge < -0.3 is 15.0 Å². The topological polar surface area (TPSA) is 58.6 Å². The minimum absolute atomic E-state index is 0.0289. The molecule has 3 rings (SSSR count). The van der Waals surface area contributed by atoms with Crippen molar-refractivity contribution in [1.82, 2.24) is 10.2 Å². The van der Waals surface area contributed by atoms with Gasteiger partial charge in [0.2, 0.25) is 11.8 Å². The predicted molar refractivity (Wildman–Crippen MR) is 91.8 cm³/mol. The van der Waals surface area contributed by atoms with Gasteiger partial charge in [-0.3, -0.25) is 9.59 Å². The van der Waals surface area contributed by atoms with Crippen molar-refractivity contribution in [3.05, 3.63) is 29.8 Å². The molecular formula is C19H24F2N2O3. The Bertz CT molecular complexity index is 624. The molecule has 0 aromatic heterocycles. The number of likely N-dealkylation sites (tertiary alicyclic amines) is 1. The summed E-state index contributed by atoms with van der Waals surface area (Å²) >= 11 is 0. The zero-order valence-corrected chi connectivity index (χ0v) is 14.6. The van der Waals surface area contributed by atoms with E-state index >= 15 is 0 Å². The number of nitrogens with one attached hydrogen (secondary N) is 1. The molecule has 0 bridgehead atoms. The van der Waals surface area contributed by atoms with Crippen LogP contribution in [0.3, 0.4) is 0 Å². The lowest BCUT2D eigenvalue weighted by atomic mass is 9.95. The SMILES string of the molecule is O=C(NCCc1ccc(OC(F)F)cc1)C1CCN(C(=O)C2CC2)CC1. The molecule has 1 heterocycles. The fourth-order valence-corrected chi connectivity index (χ4v) is 3.26. The first-order chi connectivity index (χ1) is 12.5. The van der Waals surface area contributed by atoms with Crippen molar-refractivity contribution in [1.29, 1.82) is 0 Å². The molecule has 1 saturated heterocycles. The normalized spacial score (nSPS) is 18.0. The largest absolute Gasteiger partial charge is 0.435 e. The van der Waals surface area contributed by atoms with E-state index in [-0.39, 0.29) is 29.4 Å². The number of amides is 2. The van der Waals surface area contributed by atoms with Crippen molar-refractivity contribution < 1.29 is 23.1 Å². The molecule has 0 atom stereocenters. The van der Waals surface area contributed by atoms with E-state index < -0.39 is 6.61 Å². The molecule has 2 fully saturated rings. The Hall–Kier alpha value is -2.18. The fourth-order valence-electron chi connectivity index (χ4n) is 3.26. The summed E-state index contributed by atoms with van der Waals surface area (Å²) in [6.45, 7) is -1.00. The molecule has 1 saturated carbocycles. The van der Waals surface area contributed by atoms with Crippen LogP contribution in [0, 0.1) is 11.8 Å². The lowest BCUT2D eigenvalue weighted by Crippen LogP contribution is -2.43. The fraction of sp³-hybridized carbons (Fsp3) is 0.579. The third kappa shape index (κ3) is 5.16. The van der Waals surface area contributed by atoms with Crippen LogP contribution in [0.2, 0.25) is 0 Å². The van der Waals surface area contributed by atoms with E-state index in [9.17, 15) is 18.4 Å². The number of alkyl halides is 2. The number of hydrogen-bond donors (Lipinski definition) is 1. The molecule has 1 aromatic carbocycles. The van der Waals surface area contributed by atoms with E-state index in [1.165, 1.54) is 12.1 Å². The maximum atomic E-state index is 12.3. The smallest absolute Gasteiger partial charge is 0.387 e. The zero-order valence-electron chi connectivity index (χ0n) is 14.6. The van der Waals surface area contributed by atoms with Crippen molar-refractivity contribution in [2.75, 3.05) is 19.6 Å². The Balaban J connectivity index is 1.36. The van der Waals surface area contributed by atoms with Gasteiger partial charge >= 0.3 is 6.61 Å². The van der Waals surface area contributed by atoms with Crippen LogP contribution in [0.4, 0.5) is 8.78 Å². The first-order valence-corrected chi connectivity index (χ1v) is 9.13. The number of nitrogens with zero attached hydrogens (tertiary/aromatic N) is 1. The maximum absolute atomic E-state index is 12.3. The number of halogens is 2. The summed E-state index contributed by atoms with van der Waals surface area (Å²) in [6, 6.07) is 6.42. The highest BCUT2D eigenvalue weighted by atomic mass is 19.3. The number of rotatable bonds is 7. The van der Waals surface area contributed by atoms with Gasteiger partial charge in [-0.15, -0.1) is 0 Å². The van der Waals surface area contributed by atoms with Crippen LogP contribution in [0.5, 0.6) is 5.75 Å². The van der Waals surface area contributed by atoms with Gasteiger partial charge in [0, 0.05) is 31.5 Å². The molecule has 1 N–H and O–H groups in total. The van der Waals surface area contributed by atoms with Crippen LogP contribution >= 0.6 is 0 Å². The van der Waals surface area contributed by atoms with E-state index in [1.54, 1.807) is 12.1 Å². The minimum atomic E-state index is -2.83. The number of hydrogen-bond acceptors (Lipinski definition) is 3. The highest BCUT2D eigenvalue weighted by molar-refractivity contribution is 5.82. The van der Waals surface area contributed by atoms with Crippen molar-refractivity contribution >= 4 is 11.8 Å². The molecule has 2 aliphatic rings. The minimum Gasteiger partial charge on any atom is -0.435 e. The molecule has 26 heavy (non-hydrogen) atoms. The third-order valence-electron chi connectivity index (χ3n) is 4.97. The molecule has 5 nitrogen and oxygen atoms in total. The summed E-state index contributed by atoms with van der Waals surface area (Å²) in [4.78, 5) is 26.2. The van der Waals surface area contributed by atoms with E-state index in [2.05, 4.69) is 10.1 Å². The molecule has 1 aromatic rings. The van der Waals surface area contributed by atoms with Crippen molar-refractivity contribution in [3.63, 3.8) is 0 Å². The van der Waals surface area contributed by atoms with Crippen LogP contribution in [-0.4, -0.2) is 43.0 Å². The second-order valence-electron chi connectivity index (χ2n) is 6.94. The monoisotopic (exact) mass is 366 g/mol. The van der Waals surface area contributed by atoms with Gasteiger partial charge in [0.25, 0.3) is 0 Å². The molecule has 0 radical (unpaired) electrons. The number of carbonyl (C=O) groups is 2. The second-order valence-corrected chi connectivity index (χ2v) is 6.94. The number of carbonyl (C=O) groups excluding carboxylic acids is 2. The molecular weight excluding hydrogens is 342 g/mol. The summed E-state index contributed by atoms with van der Waals surface area (Å²) in [5, 5.41) is 2.93. The summed E-state index contributed by atoms with van der Waals surface area (Å²) < 4.78 is 28.5. The highest BCUT2D eigenvalue weighted by Crippen LogP contribution is 2.32. The third-order valence-corrected chi connectivity index (χ3v) is 4.97. The van der Waals surface area contributed by atoms with Crippen LogP contribution < -0.4 is 10.1 Å². The Kier molecular flexibility index (Phi) is 6.06. The molecule has 0 spiro atoms. The van der Waals surface area contributed by atoms with E-state index in [0.29, 0.717) is 38.9 Å². The van der Waals surface area contributed by atoms with Gasteiger partial charge in [0.1, 0.15) is 5.75 Å². The summed E-state index contributed by atoms with van der Waals surface area (Å²) in [5.41, 5.74) is 0.941. The van der Waals surface area contributed by atoms with Gasteiger partial charge in [-0.05, 0) is 49.8 Å². The quantitative estimate of drug-likeness (QED) is 0.807. The molecule has 1 aliphatic heterocycles. The lowest BCUT2D eigenvalue weighted by molar-refractivity contribution is -0.136. The van der Waals surface area contributed by atoms with Crippen LogP contribution in [0.15, 0.2) is 24.3 Å². The average molecular weight is 366 g/mol. The lowest BCUT2D eigenvalue weighted by Gasteiger charge is -2.31. The molecule has 2 amide bonds. The van der Waals surface area contributed by atoms with Crippen LogP contribution in [0.1, 0.15) is 31.2 Å². The van der Waals surface area contributed by atoms with Gasteiger partial charge in [-0.1, -0.05) is 12.1 Å². The zero-order chi connectivity index (χ0) is 18.5. The van der Waals surface area contributed by atoms with Crippen LogP contribution in [-0.2, 0) is 16.0 Å².